The zero-order chi connectivity index (χ0) is 11.5. The Morgan fingerprint density at radius 3 is 2.31 bits per heavy atom. The van der Waals surface area contributed by atoms with Gasteiger partial charge in [0, 0.05) is 0 Å². The number of hydrazine groups is 1. The highest BCUT2D eigenvalue weighted by molar-refractivity contribution is 5.68. The molecule has 0 saturated carbocycles. The zero-order valence-electron chi connectivity index (χ0n) is 9.62. The third-order valence-electron chi connectivity index (χ3n) is 2.73. The van der Waals surface area contributed by atoms with Crippen molar-refractivity contribution in [1.82, 2.24) is 0 Å². The van der Waals surface area contributed by atoms with Crippen LogP contribution in [0.5, 0.6) is 0 Å². The van der Waals surface area contributed by atoms with Crippen molar-refractivity contribution < 1.29 is 0 Å². The van der Waals surface area contributed by atoms with E-state index in [-0.39, 0.29) is 0 Å². The van der Waals surface area contributed by atoms with Crippen molar-refractivity contribution in [2.75, 3.05) is 5.43 Å². The third-order valence-corrected chi connectivity index (χ3v) is 2.73. The molecule has 0 heterocycles. The number of aryl methyl sites for hydroxylation is 2. The van der Waals surface area contributed by atoms with Crippen molar-refractivity contribution in [2.45, 2.75) is 13.8 Å². The summed E-state index contributed by atoms with van der Waals surface area (Å²) < 4.78 is 0. The van der Waals surface area contributed by atoms with E-state index in [1.54, 1.807) is 0 Å². The van der Waals surface area contributed by atoms with Gasteiger partial charge in [-0.25, -0.2) is 0 Å². The van der Waals surface area contributed by atoms with Crippen LogP contribution in [-0.2, 0) is 0 Å². The smallest absolute Gasteiger partial charge is 0.0514 e. The van der Waals surface area contributed by atoms with Crippen molar-refractivity contribution in [2.24, 2.45) is 5.84 Å². The van der Waals surface area contributed by atoms with Gasteiger partial charge in [0.25, 0.3) is 0 Å². The fraction of sp³-hybridized carbons (Fsp3) is 0.143. The summed E-state index contributed by atoms with van der Waals surface area (Å²) in [6.45, 7) is 4.15. The Morgan fingerprint density at radius 2 is 1.69 bits per heavy atom. The van der Waals surface area contributed by atoms with Gasteiger partial charge < -0.3 is 5.43 Å². The van der Waals surface area contributed by atoms with E-state index in [1.807, 2.05) is 6.07 Å². The Balaban J connectivity index is 2.45. The minimum Gasteiger partial charge on any atom is -0.324 e. The quantitative estimate of drug-likeness (QED) is 0.592. The van der Waals surface area contributed by atoms with Crippen LogP contribution in [0, 0.1) is 13.8 Å². The summed E-state index contributed by atoms with van der Waals surface area (Å²) >= 11 is 0. The summed E-state index contributed by atoms with van der Waals surface area (Å²) in [4.78, 5) is 0. The molecule has 0 aliphatic rings. The Kier molecular flexibility index (Phi) is 2.93. The first kappa shape index (κ1) is 10.7. The third kappa shape index (κ3) is 2.07. The lowest BCUT2D eigenvalue weighted by Gasteiger charge is -2.08. The normalized spacial score (nSPS) is 10.2. The number of nitrogen functional groups attached to an aromatic ring is 1. The van der Waals surface area contributed by atoms with Crippen LogP contribution < -0.4 is 11.3 Å². The maximum absolute atomic E-state index is 5.41. The van der Waals surface area contributed by atoms with E-state index in [0.717, 1.165) is 11.3 Å². The second kappa shape index (κ2) is 4.37. The van der Waals surface area contributed by atoms with Gasteiger partial charge in [-0.05, 0) is 42.7 Å². The lowest BCUT2D eigenvalue weighted by atomic mass is 10.0. The molecule has 0 bridgehead atoms. The lowest BCUT2D eigenvalue weighted by molar-refractivity contribution is 1.31. The second-order valence-electron chi connectivity index (χ2n) is 4.04. The molecule has 82 valence electrons. The number of nitrogens with one attached hydrogen (secondary N) is 1. The first-order valence-electron chi connectivity index (χ1n) is 5.35. The molecule has 0 aromatic heterocycles. The molecular formula is C14H16N2. The summed E-state index contributed by atoms with van der Waals surface area (Å²) in [5.74, 6) is 5.41. The van der Waals surface area contributed by atoms with Gasteiger partial charge in [-0.3, -0.25) is 5.84 Å². The summed E-state index contributed by atoms with van der Waals surface area (Å²) in [5, 5.41) is 0. The number of hydrogen-bond acceptors (Lipinski definition) is 2. The van der Waals surface area contributed by atoms with Crippen LogP contribution in [0.3, 0.4) is 0 Å². The fourth-order valence-corrected chi connectivity index (χ4v) is 1.83. The summed E-state index contributed by atoms with van der Waals surface area (Å²) in [6, 6.07) is 14.7. The first-order valence-corrected chi connectivity index (χ1v) is 5.35. The van der Waals surface area contributed by atoms with Gasteiger partial charge in [-0.1, -0.05) is 35.9 Å². The van der Waals surface area contributed by atoms with Gasteiger partial charge in [0.2, 0.25) is 0 Å². The first-order chi connectivity index (χ1) is 7.70. The van der Waals surface area contributed by atoms with Gasteiger partial charge in [0.15, 0.2) is 0 Å². The van der Waals surface area contributed by atoms with Crippen LogP contribution in [-0.4, -0.2) is 0 Å². The average Bonchev–Trinajstić information content (AvgIpc) is 2.29. The summed E-state index contributed by atoms with van der Waals surface area (Å²) in [7, 11) is 0. The van der Waals surface area contributed by atoms with Gasteiger partial charge >= 0.3 is 0 Å². The summed E-state index contributed by atoms with van der Waals surface area (Å²) in [5.41, 5.74) is 8.55. The molecule has 0 fully saturated rings. The number of anilines is 1. The average molecular weight is 212 g/mol. The topological polar surface area (TPSA) is 38.0 Å². The molecule has 0 aliphatic heterocycles. The molecule has 0 spiro atoms. The van der Waals surface area contributed by atoms with Crippen LogP contribution >= 0.6 is 0 Å². The Morgan fingerprint density at radius 1 is 0.938 bits per heavy atom. The van der Waals surface area contributed by atoms with Crippen LogP contribution in [0.4, 0.5) is 5.69 Å². The van der Waals surface area contributed by atoms with Crippen LogP contribution in [0.25, 0.3) is 11.1 Å². The van der Waals surface area contributed by atoms with E-state index in [4.69, 9.17) is 5.84 Å². The standard InChI is InChI=1S/C14H16N2/c1-10-4-3-5-12(8-10)13-6-7-14(16-15)11(2)9-13/h3-9,16H,15H2,1-2H3. The van der Waals surface area contributed by atoms with Gasteiger partial charge in [0.1, 0.15) is 0 Å². The molecule has 0 amide bonds. The van der Waals surface area contributed by atoms with Crippen molar-refractivity contribution in [3.63, 3.8) is 0 Å². The predicted molar refractivity (Wildman–Crippen MR) is 69.2 cm³/mol. The Hall–Kier alpha value is -1.80. The number of nitrogens with two attached hydrogens (primary N) is 1. The monoisotopic (exact) mass is 212 g/mol. The highest BCUT2D eigenvalue weighted by Crippen LogP contribution is 2.24. The van der Waals surface area contributed by atoms with E-state index in [9.17, 15) is 0 Å². The van der Waals surface area contributed by atoms with Crippen LogP contribution in [0.2, 0.25) is 0 Å². The molecule has 0 radical (unpaired) electrons. The molecule has 2 rings (SSSR count). The van der Waals surface area contributed by atoms with E-state index < -0.39 is 0 Å². The van der Waals surface area contributed by atoms with Crippen molar-refractivity contribution >= 4 is 5.69 Å². The fourth-order valence-electron chi connectivity index (χ4n) is 1.83. The molecule has 3 N–H and O–H groups in total. The zero-order valence-corrected chi connectivity index (χ0v) is 9.62. The van der Waals surface area contributed by atoms with Crippen LogP contribution in [0.1, 0.15) is 11.1 Å². The maximum Gasteiger partial charge on any atom is 0.0514 e. The summed E-state index contributed by atoms with van der Waals surface area (Å²) in [6.07, 6.45) is 0. The minimum absolute atomic E-state index is 0.969. The van der Waals surface area contributed by atoms with E-state index in [0.29, 0.717) is 0 Å². The second-order valence-corrected chi connectivity index (χ2v) is 4.04. The minimum atomic E-state index is 0.969. The highest BCUT2D eigenvalue weighted by Gasteiger charge is 2.01. The molecular weight excluding hydrogens is 196 g/mol. The van der Waals surface area contributed by atoms with E-state index in [2.05, 4.69) is 55.7 Å². The molecule has 0 aliphatic carbocycles. The SMILES string of the molecule is Cc1cccc(-c2ccc(NN)c(C)c2)c1. The maximum atomic E-state index is 5.41. The molecule has 2 aromatic rings. The Bertz CT molecular complexity index is 504. The highest BCUT2D eigenvalue weighted by atomic mass is 15.2. The van der Waals surface area contributed by atoms with Gasteiger partial charge in [-0.2, -0.15) is 0 Å². The predicted octanol–water partition coefficient (Wildman–Crippen LogP) is 3.26. The molecule has 2 heteroatoms. The number of rotatable bonds is 2. The number of hydrogen-bond donors (Lipinski definition) is 2. The molecule has 0 saturated heterocycles. The van der Waals surface area contributed by atoms with Gasteiger partial charge in [-0.15, -0.1) is 0 Å². The molecule has 0 atom stereocenters. The molecule has 0 unspecified atom stereocenters. The molecule has 16 heavy (non-hydrogen) atoms. The molecule has 2 nitrogen and oxygen atoms in total. The number of benzene rings is 2. The molecule has 2 aromatic carbocycles. The van der Waals surface area contributed by atoms with E-state index in [1.165, 1.54) is 16.7 Å². The van der Waals surface area contributed by atoms with Gasteiger partial charge in [0.05, 0.1) is 5.69 Å². The van der Waals surface area contributed by atoms with Crippen LogP contribution in [0.15, 0.2) is 42.5 Å². The van der Waals surface area contributed by atoms with Crippen molar-refractivity contribution in [3.8, 4) is 11.1 Å². The lowest BCUT2D eigenvalue weighted by Crippen LogP contribution is -2.07. The van der Waals surface area contributed by atoms with Crippen molar-refractivity contribution in [3.05, 3.63) is 53.6 Å². The van der Waals surface area contributed by atoms with Crippen molar-refractivity contribution in [1.29, 1.82) is 0 Å². The Labute approximate surface area is 96.1 Å². The van der Waals surface area contributed by atoms with E-state index >= 15 is 0 Å². The largest absolute Gasteiger partial charge is 0.324 e.